The molecule has 0 aliphatic carbocycles. The van der Waals surface area contributed by atoms with E-state index in [0.29, 0.717) is 6.29 Å². The molecule has 5 heteroatoms. The Bertz CT molecular complexity index is 328. The number of nitrogens with zero attached hydrogens (tertiary/aromatic N) is 3. The highest BCUT2D eigenvalue weighted by Crippen LogP contribution is 2.01. The van der Waals surface area contributed by atoms with Crippen LogP contribution in [0.25, 0.3) is 0 Å². The van der Waals surface area contributed by atoms with Gasteiger partial charge < -0.3 is 5.73 Å². The minimum atomic E-state index is -0.0189. The summed E-state index contributed by atoms with van der Waals surface area (Å²) in [4.78, 5) is 17.3. The molecule has 0 bridgehead atoms. The van der Waals surface area contributed by atoms with Gasteiger partial charge in [0.1, 0.15) is 11.8 Å². The van der Waals surface area contributed by atoms with Crippen molar-refractivity contribution < 1.29 is 4.79 Å². The number of rotatable bonds is 1. The van der Waals surface area contributed by atoms with E-state index in [1.807, 2.05) is 0 Å². The number of aldehydes is 1. The fraction of sp³-hybridized carbons (Fsp3) is 0. The summed E-state index contributed by atoms with van der Waals surface area (Å²) >= 11 is 0. The smallest absolute Gasteiger partial charge is 0.183 e. The molecule has 0 saturated heterocycles. The molecule has 0 radical (unpaired) electrons. The standard InChI is InChI=1S/C6H4N4O/c7-1-5-6(8)9-2-4(3-11)10-5/h2-3H,(H2,8,9). The highest BCUT2D eigenvalue weighted by atomic mass is 16.1. The first kappa shape index (κ1) is 7.15. The van der Waals surface area contributed by atoms with Gasteiger partial charge in [0.2, 0.25) is 0 Å². The number of hydrogen-bond donors (Lipinski definition) is 1. The van der Waals surface area contributed by atoms with E-state index in [0.717, 1.165) is 0 Å². The van der Waals surface area contributed by atoms with Gasteiger partial charge in [-0.2, -0.15) is 5.26 Å². The Hall–Kier alpha value is -1.96. The van der Waals surface area contributed by atoms with Crippen molar-refractivity contribution in [3.8, 4) is 6.07 Å². The molecule has 1 heterocycles. The predicted molar refractivity (Wildman–Crippen MR) is 36.5 cm³/mol. The lowest BCUT2D eigenvalue weighted by atomic mass is 10.4. The van der Waals surface area contributed by atoms with E-state index in [1.165, 1.54) is 6.20 Å². The van der Waals surface area contributed by atoms with Crippen LogP contribution in [0.1, 0.15) is 16.2 Å². The lowest BCUT2D eigenvalue weighted by Gasteiger charge is -1.93. The van der Waals surface area contributed by atoms with Crippen LogP contribution in [-0.2, 0) is 0 Å². The molecule has 0 saturated carbocycles. The van der Waals surface area contributed by atoms with Gasteiger partial charge in [0.15, 0.2) is 17.8 Å². The average Bonchev–Trinajstić information content (AvgIpc) is 2.05. The first-order valence-electron chi connectivity index (χ1n) is 2.75. The molecule has 1 rings (SSSR count). The molecule has 11 heavy (non-hydrogen) atoms. The van der Waals surface area contributed by atoms with Gasteiger partial charge in [0.25, 0.3) is 0 Å². The van der Waals surface area contributed by atoms with Gasteiger partial charge >= 0.3 is 0 Å². The molecule has 54 valence electrons. The molecule has 5 nitrogen and oxygen atoms in total. The zero-order chi connectivity index (χ0) is 8.27. The second-order valence-electron chi connectivity index (χ2n) is 1.76. The Labute approximate surface area is 62.5 Å². The van der Waals surface area contributed by atoms with Crippen LogP contribution in [0.4, 0.5) is 5.82 Å². The Kier molecular flexibility index (Phi) is 1.79. The third kappa shape index (κ3) is 1.30. The largest absolute Gasteiger partial charge is 0.381 e. The highest BCUT2D eigenvalue weighted by molar-refractivity contribution is 5.71. The van der Waals surface area contributed by atoms with Crippen molar-refractivity contribution >= 4 is 12.1 Å². The summed E-state index contributed by atoms with van der Waals surface area (Å²) in [6, 6.07) is 1.71. The highest BCUT2D eigenvalue weighted by Gasteiger charge is 2.01. The molecule has 0 spiro atoms. The Morgan fingerprint density at radius 1 is 1.73 bits per heavy atom. The molecule has 1 aromatic heterocycles. The van der Waals surface area contributed by atoms with Crippen LogP contribution in [-0.4, -0.2) is 16.3 Å². The summed E-state index contributed by atoms with van der Waals surface area (Å²) in [5.74, 6) is 0.0399. The number of aromatic nitrogens is 2. The van der Waals surface area contributed by atoms with Gasteiger partial charge in [-0.25, -0.2) is 9.97 Å². The second-order valence-corrected chi connectivity index (χ2v) is 1.76. The Balaban J connectivity index is 3.25. The fourth-order valence-electron chi connectivity index (χ4n) is 0.551. The maximum Gasteiger partial charge on any atom is 0.183 e. The summed E-state index contributed by atoms with van der Waals surface area (Å²) in [5.41, 5.74) is 5.33. The molecular weight excluding hydrogens is 144 g/mol. The van der Waals surface area contributed by atoms with Gasteiger partial charge in [-0.1, -0.05) is 0 Å². The van der Waals surface area contributed by atoms with E-state index in [-0.39, 0.29) is 17.2 Å². The van der Waals surface area contributed by atoms with Crippen LogP contribution in [0.5, 0.6) is 0 Å². The molecular formula is C6H4N4O. The third-order valence-corrected chi connectivity index (χ3v) is 1.05. The third-order valence-electron chi connectivity index (χ3n) is 1.05. The van der Waals surface area contributed by atoms with Gasteiger partial charge in [-0.05, 0) is 0 Å². The molecule has 0 amide bonds. The molecule has 0 aliphatic rings. The van der Waals surface area contributed by atoms with Crippen molar-refractivity contribution in [1.82, 2.24) is 9.97 Å². The number of nitrogens with two attached hydrogens (primary N) is 1. The number of anilines is 1. The van der Waals surface area contributed by atoms with Crippen LogP contribution in [0.2, 0.25) is 0 Å². The van der Waals surface area contributed by atoms with Crippen LogP contribution in [0.3, 0.4) is 0 Å². The van der Waals surface area contributed by atoms with Crippen LogP contribution in [0.15, 0.2) is 6.20 Å². The van der Waals surface area contributed by atoms with Crippen LogP contribution >= 0.6 is 0 Å². The molecule has 0 aliphatic heterocycles. The quantitative estimate of drug-likeness (QED) is 0.554. The monoisotopic (exact) mass is 148 g/mol. The van der Waals surface area contributed by atoms with Crippen molar-refractivity contribution in [3.63, 3.8) is 0 Å². The SMILES string of the molecule is N#Cc1nc(C=O)cnc1N. The number of carbonyl (C=O) groups is 1. The zero-order valence-corrected chi connectivity index (χ0v) is 5.48. The van der Waals surface area contributed by atoms with E-state index in [1.54, 1.807) is 6.07 Å². The maximum atomic E-state index is 10.1. The first-order valence-corrected chi connectivity index (χ1v) is 2.75. The number of hydrogen-bond acceptors (Lipinski definition) is 5. The lowest BCUT2D eigenvalue weighted by Crippen LogP contribution is -2.00. The minimum absolute atomic E-state index is 0.0189. The van der Waals surface area contributed by atoms with Crippen molar-refractivity contribution in [2.45, 2.75) is 0 Å². The minimum Gasteiger partial charge on any atom is -0.381 e. The van der Waals surface area contributed by atoms with E-state index in [4.69, 9.17) is 11.0 Å². The van der Waals surface area contributed by atoms with Crippen LogP contribution < -0.4 is 5.73 Å². The van der Waals surface area contributed by atoms with E-state index < -0.39 is 0 Å². The molecule has 0 unspecified atom stereocenters. The topological polar surface area (TPSA) is 92.7 Å². The first-order chi connectivity index (χ1) is 5.27. The van der Waals surface area contributed by atoms with Gasteiger partial charge in [0.05, 0.1) is 6.20 Å². The normalized spacial score (nSPS) is 8.64. The average molecular weight is 148 g/mol. The van der Waals surface area contributed by atoms with Crippen LogP contribution in [0, 0.1) is 11.3 Å². The van der Waals surface area contributed by atoms with Crippen molar-refractivity contribution in [3.05, 3.63) is 17.6 Å². The van der Waals surface area contributed by atoms with Gasteiger partial charge in [-0.3, -0.25) is 4.79 Å². The lowest BCUT2D eigenvalue weighted by molar-refractivity contribution is 0.111. The van der Waals surface area contributed by atoms with Crippen molar-refractivity contribution in [2.24, 2.45) is 0 Å². The van der Waals surface area contributed by atoms with Gasteiger partial charge in [0, 0.05) is 0 Å². The summed E-state index contributed by atoms with van der Waals surface area (Å²) in [6.07, 6.45) is 1.72. The van der Waals surface area contributed by atoms with Gasteiger partial charge in [-0.15, -0.1) is 0 Å². The molecule has 0 atom stereocenters. The molecule has 0 fully saturated rings. The predicted octanol–water partition coefficient (Wildman–Crippen LogP) is -0.257. The fourth-order valence-corrected chi connectivity index (χ4v) is 0.551. The Morgan fingerprint density at radius 3 is 3.00 bits per heavy atom. The van der Waals surface area contributed by atoms with Crippen molar-refractivity contribution in [1.29, 1.82) is 5.26 Å². The molecule has 2 N–H and O–H groups in total. The van der Waals surface area contributed by atoms with E-state index >= 15 is 0 Å². The van der Waals surface area contributed by atoms with E-state index in [9.17, 15) is 4.79 Å². The number of nitriles is 1. The summed E-state index contributed by atoms with van der Waals surface area (Å²) in [5, 5.41) is 8.39. The number of nitrogen functional groups attached to an aromatic ring is 1. The Morgan fingerprint density at radius 2 is 2.45 bits per heavy atom. The van der Waals surface area contributed by atoms with Crippen molar-refractivity contribution in [2.75, 3.05) is 5.73 Å². The second kappa shape index (κ2) is 2.75. The summed E-state index contributed by atoms with van der Waals surface area (Å²) < 4.78 is 0. The summed E-state index contributed by atoms with van der Waals surface area (Å²) in [7, 11) is 0. The molecule has 1 aromatic rings. The van der Waals surface area contributed by atoms with E-state index in [2.05, 4.69) is 9.97 Å². The maximum absolute atomic E-state index is 10.1. The molecule has 0 aromatic carbocycles. The number of carbonyl (C=O) groups excluding carboxylic acids is 1. The summed E-state index contributed by atoms with van der Waals surface area (Å²) in [6.45, 7) is 0. The zero-order valence-electron chi connectivity index (χ0n) is 5.48.